The zero-order valence-electron chi connectivity index (χ0n) is 11.8. The zero-order chi connectivity index (χ0) is 15.4. The van der Waals surface area contributed by atoms with E-state index in [4.69, 9.17) is 10.2 Å². The molecule has 1 amide bonds. The van der Waals surface area contributed by atoms with E-state index in [-0.39, 0.29) is 12.2 Å². The molecule has 2 aromatic rings. The second-order valence-electron chi connectivity index (χ2n) is 4.48. The molecule has 1 aromatic carbocycles. The lowest BCUT2D eigenvalue weighted by atomic mass is 10.2. The summed E-state index contributed by atoms with van der Waals surface area (Å²) in [4.78, 5) is 12.1. The molecule has 2 rings (SSSR count). The number of amides is 1. The first-order valence-electron chi connectivity index (χ1n) is 6.38. The predicted molar refractivity (Wildman–Crippen MR) is 78.5 cm³/mol. The SMILES string of the molecule is Cc1cc(C(=O)Nc2ccc(C#CCN)cc2F)c(C)o1. The van der Waals surface area contributed by atoms with E-state index in [1.807, 2.05) is 0 Å². The maximum Gasteiger partial charge on any atom is 0.259 e. The van der Waals surface area contributed by atoms with Gasteiger partial charge in [-0.1, -0.05) is 11.8 Å². The smallest absolute Gasteiger partial charge is 0.259 e. The summed E-state index contributed by atoms with van der Waals surface area (Å²) in [5.41, 5.74) is 6.25. The van der Waals surface area contributed by atoms with Crippen LogP contribution < -0.4 is 11.1 Å². The summed E-state index contributed by atoms with van der Waals surface area (Å²) >= 11 is 0. The van der Waals surface area contributed by atoms with E-state index >= 15 is 0 Å². The van der Waals surface area contributed by atoms with Crippen molar-refractivity contribution < 1.29 is 13.6 Å². The third-order valence-corrected chi connectivity index (χ3v) is 2.84. The summed E-state index contributed by atoms with van der Waals surface area (Å²) < 4.78 is 19.2. The van der Waals surface area contributed by atoms with Gasteiger partial charge in [0.05, 0.1) is 17.8 Å². The van der Waals surface area contributed by atoms with Crippen LogP contribution in [0.1, 0.15) is 27.4 Å². The van der Waals surface area contributed by atoms with Crippen LogP contribution in [0.2, 0.25) is 0 Å². The molecule has 0 saturated carbocycles. The topological polar surface area (TPSA) is 68.3 Å². The number of furan rings is 1. The first-order chi connectivity index (χ1) is 10.0. The van der Waals surface area contributed by atoms with E-state index in [0.29, 0.717) is 22.6 Å². The van der Waals surface area contributed by atoms with Gasteiger partial charge < -0.3 is 15.5 Å². The first-order valence-corrected chi connectivity index (χ1v) is 6.38. The third-order valence-electron chi connectivity index (χ3n) is 2.84. The number of carbonyl (C=O) groups excluding carboxylic acids is 1. The first kappa shape index (κ1) is 14.8. The summed E-state index contributed by atoms with van der Waals surface area (Å²) in [6, 6.07) is 5.96. The van der Waals surface area contributed by atoms with Gasteiger partial charge >= 0.3 is 0 Å². The standard InChI is InChI=1S/C16H15FN2O2/c1-10-8-13(11(2)21-10)16(20)19-15-6-5-12(4-3-7-18)9-14(15)17/h5-6,8-9H,7,18H2,1-2H3,(H,19,20). The Labute approximate surface area is 122 Å². The van der Waals surface area contributed by atoms with Crippen molar-refractivity contribution in [2.45, 2.75) is 13.8 Å². The Morgan fingerprint density at radius 3 is 2.71 bits per heavy atom. The maximum absolute atomic E-state index is 13.9. The van der Waals surface area contributed by atoms with Gasteiger partial charge in [0.2, 0.25) is 0 Å². The van der Waals surface area contributed by atoms with Crippen LogP contribution in [0.3, 0.4) is 0 Å². The lowest BCUT2D eigenvalue weighted by Crippen LogP contribution is -2.13. The molecular formula is C16H15FN2O2. The number of hydrogen-bond acceptors (Lipinski definition) is 3. The lowest BCUT2D eigenvalue weighted by Gasteiger charge is -2.06. The number of nitrogens with two attached hydrogens (primary N) is 1. The van der Waals surface area contributed by atoms with E-state index in [2.05, 4.69) is 17.2 Å². The van der Waals surface area contributed by atoms with Crippen molar-refractivity contribution in [1.29, 1.82) is 0 Å². The van der Waals surface area contributed by atoms with Crippen LogP contribution in [0.4, 0.5) is 10.1 Å². The number of halogens is 1. The fourth-order valence-corrected chi connectivity index (χ4v) is 1.89. The fraction of sp³-hybridized carbons (Fsp3) is 0.188. The summed E-state index contributed by atoms with van der Waals surface area (Å²) in [5.74, 6) is 5.53. The van der Waals surface area contributed by atoms with Gasteiger partial charge in [-0.2, -0.15) is 0 Å². The van der Waals surface area contributed by atoms with Crippen molar-refractivity contribution in [1.82, 2.24) is 0 Å². The van der Waals surface area contributed by atoms with Crippen LogP contribution in [0.25, 0.3) is 0 Å². The quantitative estimate of drug-likeness (QED) is 0.834. The molecule has 4 nitrogen and oxygen atoms in total. The van der Waals surface area contributed by atoms with Gasteiger partial charge in [0.25, 0.3) is 5.91 Å². The van der Waals surface area contributed by atoms with Gasteiger partial charge in [-0.3, -0.25) is 4.79 Å². The third kappa shape index (κ3) is 3.50. The number of aryl methyl sites for hydroxylation is 2. The average Bonchev–Trinajstić information content (AvgIpc) is 2.78. The molecule has 21 heavy (non-hydrogen) atoms. The van der Waals surface area contributed by atoms with Crippen molar-refractivity contribution in [3.63, 3.8) is 0 Å². The minimum absolute atomic E-state index is 0.0940. The molecule has 1 aromatic heterocycles. The molecular weight excluding hydrogens is 271 g/mol. The van der Waals surface area contributed by atoms with Gasteiger partial charge in [-0.05, 0) is 38.1 Å². The Bertz CT molecular complexity index is 738. The highest BCUT2D eigenvalue weighted by atomic mass is 19.1. The molecule has 0 aliphatic rings. The Balaban J connectivity index is 2.20. The molecule has 108 valence electrons. The lowest BCUT2D eigenvalue weighted by molar-refractivity contribution is 0.102. The molecule has 0 saturated heterocycles. The molecule has 0 aliphatic carbocycles. The van der Waals surface area contributed by atoms with Crippen molar-refractivity contribution in [2.24, 2.45) is 5.73 Å². The van der Waals surface area contributed by atoms with Crippen LogP contribution >= 0.6 is 0 Å². The van der Waals surface area contributed by atoms with Crippen molar-refractivity contribution in [3.8, 4) is 11.8 Å². The van der Waals surface area contributed by atoms with E-state index in [1.54, 1.807) is 26.0 Å². The van der Waals surface area contributed by atoms with E-state index in [1.165, 1.54) is 12.1 Å². The molecule has 0 aliphatic heterocycles. The van der Waals surface area contributed by atoms with Crippen LogP contribution in [-0.4, -0.2) is 12.5 Å². The molecule has 3 N–H and O–H groups in total. The average molecular weight is 286 g/mol. The number of nitrogens with one attached hydrogen (secondary N) is 1. The maximum atomic E-state index is 13.9. The van der Waals surface area contributed by atoms with Crippen LogP contribution in [0.5, 0.6) is 0 Å². The van der Waals surface area contributed by atoms with Gasteiger partial charge in [0.1, 0.15) is 17.3 Å². The van der Waals surface area contributed by atoms with Crippen LogP contribution in [-0.2, 0) is 0 Å². The zero-order valence-corrected chi connectivity index (χ0v) is 11.8. The minimum Gasteiger partial charge on any atom is -0.466 e. The number of benzene rings is 1. The monoisotopic (exact) mass is 286 g/mol. The molecule has 0 unspecified atom stereocenters. The Morgan fingerprint density at radius 1 is 1.38 bits per heavy atom. The minimum atomic E-state index is -0.551. The summed E-state index contributed by atoms with van der Waals surface area (Å²) in [7, 11) is 0. The van der Waals surface area contributed by atoms with Crippen molar-refractivity contribution >= 4 is 11.6 Å². The van der Waals surface area contributed by atoms with Crippen LogP contribution in [0, 0.1) is 31.5 Å². The van der Waals surface area contributed by atoms with Gasteiger partial charge in [0, 0.05) is 5.56 Å². The van der Waals surface area contributed by atoms with Crippen LogP contribution in [0.15, 0.2) is 28.7 Å². The molecule has 0 radical (unpaired) electrons. The number of hydrogen-bond donors (Lipinski definition) is 2. The van der Waals surface area contributed by atoms with E-state index in [9.17, 15) is 9.18 Å². The normalized spacial score (nSPS) is 9.90. The van der Waals surface area contributed by atoms with Gasteiger partial charge in [-0.25, -0.2) is 4.39 Å². The second kappa shape index (κ2) is 6.25. The highest BCUT2D eigenvalue weighted by molar-refractivity contribution is 6.05. The second-order valence-corrected chi connectivity index (χ2v) is 4.48. The molecule has 0 fully saturated rings. The van der Waals surface area contributed by atoms with E-state index < -0.39 is 11.7 Å². The van der Waals surface area contributed by atoms with E-state index in [0.717, 1.165) is 0 Å². The summed E-state index contributed by atoms with van der Waals surface area (Å²) in [6.07, 6.45) is 0. The van der Waals surface area contributed by atoms with Gasteiger partial charge in [-0.15, -0.1) is 0 Å². The number of carbonyl (C=O) groups is 1. The Kier molecular flexibility index (Phi) is 4.41. The predicted octanol–water partition coefficient (Wildman–Crippen LogP) is 2.60. The fourth-order valence-electron chi connectivity index (χ4n) is 1.89. The molecule has 0 atom stereocenters. The van der Waals surface area contributed by atoms with Gasteiger partial charge in [0.15, 0.2) is 0 Å². The van der Waals surface area contributed by atoms with Crippen molar-refractivity contribution in [2.75, 3.05) is 11.9 Å². The summed E-state index contributed by atoms with van der Waals surface area (Å²) in [5, 5.41) is 2.52. The number of rotatable bonds is 2. The Morgan fingerprint density at radius 2 is 2.14 bits per heavy atom. The number of anilines is 1. The summed E-state index contributed by atoms with van der Waals surface area (Å²) in [6.45, 7) is 3.64. The Hall–Kier alpha value is -2.58. The highest BCUT2D eigenvalue weighted by Gasteiger charge is 2.15. The molecule has 1 heterocycles. The molecule has 5 heteroatoms. The molecule has 0 spiro atoms. The van der Waals surface area contributed by atoms with Crippen molar-refractivity contribution in [3.05, 3.63) is 52.7 Å². The highest BCUT2D eigenvalue weighted by Crippen LogP contribution is 2.19. The largest absolute Gasteiger partial charge is 0.466 e. The molecule has 0 bridgehead atoms.